The Bertz CT molecular complexity index is 729. The molecule has 2 rings (SSSR count). The van der Waals surface area contributed by atoms with E-state index in [0.717, 1.165) is 11.3 Å². The highest BCUT2D eigenvalue weighted by Gasteiger charge is 2.18. The molecule has 0 aliphatic heterocycles. The molecule has 0 aliphatic rings. The minimum absolute atomic E-state index is 0.109. The van der Waals surface area contributed by atoms with E-state index in [2.05, 4.69) is 10.4 Å². The molecule has 0 aliphatic carbocycles. The summed E-state index contributed by atoms with van der Waals surface area (Å²) in [6, 6.07) is 6.14. The lowest BCUT2D eigenvalue weighted by molar-refractivity contribution is -0.384. The fourth-order valence-electron chi connectivity index (χ4n) is 2.23. The summed E-state index contributed by atoms with van der Waals surface area (Å²) >= 11 is 0. The number of aromatic nitrogens is 2. The zero-order chi connectivity index (χ0) is 15.6. The van der Waals surface area contributed by atoms with Crippen molar-refractivity contribution in [3.05, 3.63) is 51.3 Å². The molecule has 0 amide bonds. The molecular weight excluding hydrogens is 270 g/mol. The maximum absolute atomic E-state index is 11.1. The number of benzene rings is 1. The van der Waals surface area contributed by atoms with Gasteiger partial charge in [-0.05, 0) is 26.0 Å². The number of hydrogen-bond acceptors (Lipinski definition) is 5. The summed E-state index contributed by atoms with van der Waals surface area (Å²) < 4.78 is 1.70. The highest BCUT2D eigenvalue weighted by atomic mass is 16.6. The Morgan fingerprint density at radius 1 is 1.52 bits per heavy atom. The smallest absolute Gasteiger partial charge is 0.293 e. The molecule has 1 aromatic carbocycles. The molecule has 0 unspecified atom stereocenters. The van der Waals surface area contributed by atoms with Gasteiger partial charge >= 0.3 is 0 Å². The normalized spacial score (nSPS) is 11.7. The first kappa shape index (κ1) is 14.5. The van der Waals surface area contributed by atoms with Gasteiger partial charge in [0.05, 0.1) is 28.3 Å². The summed E-state index contributed by atoms with van der Waals surface area (Å²) in [5.41, 5.74) is 2.37. The van der Waals surface area contributed by atoms with Crippen molar-refractivity contribution >= 4 is 11.4 Å². The van der Waals surface area contributed by atoms with Crippen molar-refractivity contribution in [3.63, 3.8) is 0 Å². The lowest BCUT2D eigenvalue weighted by Crippen LogP contribution is -2.09. The van der Waals surface area contributed by atoms with Crippen LogP contribution in [-0.2, 0) is 7.05 Å². The summed E-state index contributed by atoms with van der Waals surface area (Å²) in [6.45, 7) is 3.80. The average Bonchev–Trinajstić information content (AvgIpc) is 2.78. The average molecular weight is 285 g/mol. The van der Waals surface area contributed by atoms with Gasteiger partial charge in [0, 0.05) is 24.9 Å². The largest absolute Gasteiger partial charge is 0.373 e. The van der Waals surface area contributed by atoms with Crippen LogP contribution in [0.2, 0.25) is 0 Å². The Morgan fingerprint density at radius 2 is 2.24 bits per heavy atom. The van der Waals surface area contributed by atoms with Crippen molar-refractivity contribution < 1.29 is 4.92 Å². The molecule has 0 saturated heterocycles. The van der Waals surface area contributed by atoms with E-state index >= 15 is 0 Å². The van der Waals surface area contributed by atoms with Crippen LogP contribution in [0, 0.1) is 28.4 Å². The first-order chi connectivity index (χ1) is 9.92. The van der Waals surface area contributed by atoms with Crippen molar-refractivity contribution in [1.29, 1.82) is 5.26 Å². The molecule has 1 aromatic heterocycles. The Balaban J connectivity index is 2.33. The molecule has 7 nitrogen and oxygen atoms in total. The van der Waals surface area contributed by atoms with Crippen LogP contribution in [0.15, 0.2) is 24.4 Å². The Morgan fingerprint density at radius 3 is 2.76 bits per heavy atom. The van der Waals surface area contributed by atoms with Gasteiger partial charge in [-0.15, -0.1) is 0 Å². The van der Waals surface area contributed by atoms with Gasteiger partial charge in [-0.2, -0.15) is 10.4 Å². The van der Waals surface area contributed by atoms with E-state index in [1.54, 1.807) is 16.8 Å². The number of nitrogens with zero attached hydrogens (tertiary/aromatic N) is 4. The van der Waals surface area contributed by atoms with Crippen LogP contribution < -0.4 is 5.32 Å². The van der Waals surface area contributed by atoms with Crippen LogP contribution in [-0.4, -0.2) is 14.7 Å². The fraction of sp³-hybridized carbons (Fsp3) is 0.286. The van der Waals surface area contributed by atoms with Crippen LogP contribution >= 0.6 is 0 Å². The molecule has 21 heavy (non-hydrogen) atoms. The second-order valence-electron chi connectivity index (χ2n) is 4.81. The van der Waals surface area contributed by atoms with Gasteiger partial charge in [-0.1, -0.05) is 0 Å². The quantitative estimate of drug-likeness (QED) is 0.688. The van der Waals surface area contributed by atoms with Crippen LogP contribution in [0.4, 0.5) is 11.4 Å². The third-order valence-corrected chi connectivity index (χ3v) is 3.21. The first-order valence-corrected chi connectivity index (χ1v) is 6.37. The maximum Gasteiger partial charge on any atom is 0.293 e. The van der Waals surface area contributed by atoms with Gasteiger partial charge in [0.25, 0.3) is 5.69 Å². The number of hydrogen-bond donors (Lipinski definition) is 1. The Kier molecular flexibility index (Phi) is 3.89. The van der Waals surface area contributed by atoms with Crippen LogP contribution in [0.5, 0.6) is 0 Å². The summed E-state index contributed by atoms with van der Waals surface area (Å²) in [7, 11) is 1.83. The van der Waals surface area contributed by atoms with Crippen molar-refractivity contribution in [2.45, 2.75) is 19.9 Å². The molecule has 7 heteroatoms. The number of anilines is 1. The van der Waals surface area contributed by atoms with E-state index < -0.39 is 4.92 Å². The summed E-state index contributed by atoms with van der Waals surface area (Å²) in [5, 5.41) is 27.3. The van der Waals surface area contributed by atoms with E-state index in [4.69, 9.17) is 5.26 Å². The second-order valence-corrected chi connectivity index (χ2v) is 4.81. The zero-order valence-corrected chi connectivity index (χ0v) is 12.0. The summed E-state index contributed by atoms with van der Waals surface area (Å²) in [5.74, 6) is 0. The summed E-state index contributed by atoms with van der Waals surface area (Å²) in [4.78, 5) is 10.6. The predicted octanol–water partition coefficient (Wildman–Crippen LogP) is 2.68. The van der Waals surface area contributed by atoms with Crippen LogP contribution in [0.25, 0.3) is 0 Å². The number of aryl methyl sites for hydroxylation is 2. The minimum atomic E-state index is -0.494. The standard InChI is InChI=1S/C14H15N5O2/c1-9(12-8-18(3)17-10(12)2)16-13-5-4-11(7-15)6-14(13)19(20)21/h4-6,8-9,16H,1-3H3/t9-/m0/s1. The van der Waals surface area contributed by atoms with Gasteiger partial charge in [0.1, 0.15) is 5.69 Å². The van der Waals surface area contributed by atoms with E-state index in [1.807, 2.05) is 33.2 Å². The topological polar surface area (TPSA) is 96.8 Å². The third-order valence-electron chi connectivity index (χ3n) is 3.21. The van der Waals surface area contributed by atoms with E-state index in [-0.39, 0.29) is 17.3 Å². The van der Waals surface area contributed by atoms with E-state index in [0.29, 0.717) is 5.69 Å². The highest BCUT2D eigenvalue weighted by Crippen LogP contribution is 2.29. The van der Waals surface area contributed by atoms with Crippen molar-refractivity contribution in [2.75, 3.05) is 5.32 Å². The molecule has 0 bridgehead atoms. The van der Waals surface area contributed by atoms with Crippen LogP contribution in [0.3, 0.4) is 0 Å². The number of nitriles is 1. The highest BCUT2D eigenvalue weighted by molar-refractivity contribution is 5.64. The molecule has 0 saturated carbocycles. The van der Waals surface area contributed by atoms with E-state index in [9.17, 15) is 10.1 Å². The maximum atomic E-state index is 11.1. The third kappa shape index (κ3) is 3.00. The fourth-order valence-corrected chi connectivity index (χ4v) is 2.23. The van der Waals surface area contributed by atoms with Gasteiger partial charge in [0.15, 0.2) is 0 Å². The molecule has 1 atom stereocenters. The zero-order valence-electron chi connectivity index (χ0n) is 12.0. The Hall–Kier alpha value is -2.88. The molecule has 0 radical (unpaired) electrons. The molecule has 108 valence electrons. The Labute approximate surface area is 122 Å². The number of rotatable bonds is 4. The van der Waals surface area contributed by atoms with E-state index in [1.165, 1.54) is 6.07 Å². The summed E-state index contributed by atoms with van der Waals surface area (Å²) in [6.07, 6.45) is 1.88. The van der Waals surface area contributed by atoms with Gasteiger partial charge < -0.3 is 5.32 Å². The molecular formula is C14H15N5O2. The van der Waals surface area contributed by atoms with Crippen molar-refractivity contribution in [2.24, 2.45) is 7.05 Å². The molecule has 1 heterocycles. The number of nitrogens with one attached hydrogen (secondary N) is 1. The van der Waals surface area contributed by atoms with Crippen LogP contribution in [0.1, 0.15) is 29.8 Å². The lowest BCUT2D eigenvalue weighted by Gasteiger charge is -2.14. The van der Waals surface area contributed by atoms with Crippen molar-refractivity contribution in [1.82, 2.24) is 9.78 Å². The molecule has 0 fully saturated rings. The first-order valence-electron chi connectivity index (χ1n) is 6.37. The number of nitro groups is 1. The predicted molar refractivity (Wildman–Crippen MR) is 77.8 cm³/mol. The van der Waals surface area contributed by atoms with Gasteiger partial charge in [-0.3, -0.25) is 14.8 Å². The van der Waals surface area contributed by atoms with Gasteiger partial charge in [-0.25, -0.2) is 0 Å². The van der Waals surface area contributed by atoms with Gasteiger partial charge in [0.2, 0.25) is 0 Å². The molecule has 2 aromatic rings. The monoisotopic (exact) mass is 285 g/mol. The minimum Gasteiger partial charge on any atom is -0.373 e. The second kappa shape index (κ2) is 5.63. The number of nitro benzene ring substituents is 1. The lowest BCUT2D eigenvalue weighted by atomic mass is 10.1. The molecule has 1 N–H and O–H groups in total. The van der Waals surface area contributed by atoms with Crippen molar-refractivity contribution in [3.8, 4) is 6.07 Å². The molecule has 0 spiro atoms. The SMILES string of the molecule is Cc1nn(C)cc1[C@H](C)Nc1ccc(C#N)cc1[N+](=O)[O-].